The molecule has 0 aromatic heterocycles. The van der Waals surface area contributed by atoms with Crippen LogP contribution in [0.5, 0.6) is 0 Å². The van der Waals surface area contributed by atoms with Gasteiger partial charge in [-0.1, -0.05) is 68.5 Å². The van der Waals surface area contributed by atoms with Crippen LogP contribution in [0, 0.1) is 13.8 Å². The summed E-state index contributed by atoms with van der Waals surface area (Å²) in [5, 5.41) is 0. The van der Waals surface area contributed by atoms with E-state index < -0.39 is 0 Å². The van der Waals surface area contributed by atoms with E-state index in [0.717, 1.165) is 6.54 Å². The van der Waals surface area contributed by atoms with E-state index in [1.807, 2.05) is 0 Å². The molecule has 146 valence electrons. The maximum absolute atomic E-state index is 2.57. The van der Waals surface area contributed by atoms with Crippen molar-refractivity contribution in [1.29, 1.82) is 0 Å². The number of benzene rings is 3. The first-order valence-corrected chi connectivity index (χ1v) is 10.7. The van der Waals surface area contributed by atoms with Gasteiger partial charge < -0.3 is 4.90 Å². The van der Waals surface area contributed by atoms with E-state index in [1.54, 1.807) is 0 Å². The Labute approximate surface area is 174 Å². The minimum Gasteiger partial charge on any atom is -0.361 e. The van der Waals surface area contributed by atoms with Crippen LogP contribution in [0.2, 0.25) is 0 Å². The number of fused-ring (bicyclic) bond motifs is 4. The molecule has 0 saturated heterocycles. The molecule has 1 aliphatic heterocycles. The Morgan fingerprint density at radius 2 is 1.59 bits per heavy atom. The summed E-state index contributed by atoms with van der Waals surface area (Å²) in [6.45, 7) is 12.5. The van der Waals surface area contributed by atoms with Gasteiger partial charge in [0.2, 0.25) is 0 Å². The molecule has 3 aromatic rings. The molecule has 1 nitrogen and oxygen atoms in total. The Kier molecular flexibility index (Phi) is 4.00. The van der Waals surface area contributed by atoms with Gasteiger partial charge in [0, 0.05) is 17.6 Å². The summed E-state index contributed by atoms with van der Waals surface area (Å²) in [6, 6.07) is 20.7. The number of likely N-dealkylation sites (N-methyl/N-ethyl adjacent to an activating group) is 1. The molecule has 0 amide bonds. The van der Waals surface area contributed by atoms with Gasteiger partial charge in [-0.05, 0) is 77.4 Å². The SMILES string of the molecule is CCN1c2cc3c(cc2C=CC1c1c(C)cccc1C)-c1ccccc1C3(C)C. The van der Waals surface area contributed by atoms with Crippen LogP contribution in [0.3, 0.4) is 0 Å². The van der Waals surface area contributed by atoms with Gasteiger partial charge in [-0.25, -0.2) is 0 Å². The highest BCUT2D eigenvalue weighted by Crippen LogP contribution is 2.52. The van der Waals surface area contributed by atoms with Gasteiger partial charge in [-0.3, -0.25) is 0 Å². The van der Waals surface area contributed by atoms with E-state index in [-0.39, 0.29) is 5.41 Å². The third-order valence-electron chi connectivity index (χ3n) is 7.01. The van der Waals surface area contributed by atoms with E-state index in [9.17, 15) is 0 Å². The standard InChI is InChI=1S/C28H29N/c1-6-29-25(27-18(2)10-9-11-19(27)3)15-14-20-16-22-21-12-7-8-13-23(21)28(4,5)24(22)17-26(20)29/h7-17,25H,6H2,1-5H3. The molecule has 0 N–H and O–H groups in total. The fourth-order valence-corrected chi connectivity index (χ4v) is 5.50. The van der Waals surface area contributed by atoms with Crippen LogP contribution in [0.1, 0.15) is 60.2 Å². The zero-order valence-corrected chi connectivity index (χ0v) is 18.1. The topological polar surface area (TPSA) is 3.24 Å². The van der Waals surface area contributed by atoms with Gasteiger partial charge in [0.1, 0.15) is 0 Å². The van der Waals surface area contributed by atoms with E-state index in [4.69, 9.17) is 0 Å². The monoisotopic (exact) mass is 379 g/mol. The van der Waals surface area contributed by atoms with Crippen LogP contribution < -0.4 is 4.90 Å². The van der Waals surface area contributed by atoms with Crippen molar-refractivity contribution in [3.8, 4) is 11.1 Å². The highest BCUT2D eigenvalue weighted by molar-refractivity contribution is 5.87. The maximum atomic E-state index is 2.57. The van der Waals surface area contributed by atoms with Crippen molar-refractivity contribution in [1.82, 2.24) is 0 Å². The molecule has 0 radical (unpaired) electrons. The van der Waals surface area contributed by atoms with Gasteiger partial charge in [0.25, 0.3) is 0 Å². The van der Waals surface area contributed by atoms with E-state index in [1.165, 1.54) is 50.2 Å². The van der Waals surface area contributed by atoms with Crippen LogP contribution in [0.15, 0.2) is 60.7 Å². The van der Waals surface area contributed by atoms with Crippen molar-refractivity contribution in [3.63, 3.8) is 0 Å². The second kappa shape index (κ2) is 6.35. The fourth-order valence-electron chi connectivity index (χ4n) is 5.50. The highest BCUT2D eigenvalue weighted by Gasteiger charge is 2.37. The first-order chi connectivity index (χ1) is 13.9. The molecule has 3 aromatic carbocycles. The lowest BCUT2D eigenvalue weighted by molar-refractivity contribution is 0.658. The first-order valence-electron chi connectivity index (χ1n) is 10.7. The van der Waals surface area contributed by atoms with E-state index in [0.29, 0.717) is 6.04 Å². The number of anilines is 1. The molecule has 29 heavy (non-hydrogen) atoms. The predicted octanol–water partition coefficient (Wildman–Crippen LogP) is 7.20. The lowest BCUT2D eigenvalue weighted by Crippen LogP contribution is -2.31. The maximum Gasteiger partial charge on any atom is 0.0735 e. The van der Waals surface area contributed by atoms with Crippen molar-refractivity contribution in [2.45, 2.75) is 46.1 Å². The van der Waals surface area contributed by atoms with Crippen LogP contribution >= 0.6 is 0 Å². The zero-order valence-electron chi connectivity index (χ0n) is 18.1. The molecule has 1 atom stereocenters. The largest absolute Gasteiger partial charge is 0.361 e. The molecule has 1 aliphatic carbocycles. The summed E-state index contributed by atoms with van der Waals surface area (Å²) in [5.41, 5.74) is 12.6. The number of aryl methyl sites for hydroxylation is 2. The average Bonchev–Trinajstić information content (AvgIpc) is 2.93. The van der Waals surface area contributed by atoms with Crippen molar-refractivity contribution >= 4 is 11.8 Å². The van der Waals surface area contributed by atoms with Crippen molar-refractivity contribution in [2.24, 2.45) is 0 Å². The quantitative estimate of drug-likeness (QED) is 0.455. The van der Waals surface area contributed by atoms with Crippen molar-refractivity contribution in [3.05, 3.63) is 94.1 Å². The van der Waals surface area contributed by atoms with E-state index >= 15 is 0 Å². The predicted molar refractivity (Wildman–Crippen MR) is 125 cm³/mol. The third-order valence-corrected chi connectivity index (χ3v) is 7.01. The fraction of sp³-hybridized carbons (Fsp3) is 0.286. The lowest BCUT2D eigenvalue weighted by atomic mass is 9.81. The molecule has 0 saturated carbocycles. The Bertz CT molecular complexity index is 1130. The van der Waals surface area contributed by atoms with E-state index in [2.05, 4.69) is 106 Å². The number of hydrogen-bond acceptors (Lipinski definition) is 1. The normalized spacial score (nSPS) is 18.4. The number of nitrogens with zero attached hydrogens (tertiary/aromatic N) is 1. The second-order valence-corrected chi connectivity index (χ2v) is 9.02. The smallest absolute Gasteiger partial charge is 0.0735 e. The van der Waals surface area contributed by atoms with Gasteiger partial charge >= 0.3 is 0 Å². The average molecular weight is 380 g/mol. The summed E-state index contributed by atoms with van der Waals surface area (Å²) in [7, 11) is 0. The molecular weight excluding hydrogens is 350 g/mol. The molecule has 2 aliphatic rings. The Morgan fingerprint density at radius 3 is 2.31 bits per heavy atom. The molecular formula is C28H29N. The van der Waals surface area contributed by atoms with Crippen LogP contribution in [0.4, 0.5) is 5.69 Å². The van der Waals surface area contributed by atoms with Gasteiger partial charge in [0.05, 0.1) is 6.04 Å². The minimum atomic E-state index is 0.0373. The van der Waals surface area contributed by atoms with Crippen LogP contribution in [-0.4, -0.2) is 6.54 Å². The lowest BCUT2D eigenvalue weighted by Gasteiger charge is -2.37. The Balaban J connectivity index is 1.69. The second-order valence-electron chi connectivity index (χ2n) is 9.02. The van der Waals surface area contributed by atoms with Gasteiger partial charge in [-0.15, -0.1) is 0 Å². The number of rotatable bonds is 2. The highest BCUT2D eigenvalue weighted by atomic mass is 15.2. The van der Waals surface area contributed by atoms with Crippen LogP contribution in [-0.2, 0) is 5.41 Å². The third kappa shape index (κ3) is 2.53. The van der Waals surface area contributed by atoms with Gasteiger partial charge in [0.15, 0.2) is 0 Å². The molecule has 5 rings (SSSR count). The Hall–Kier alpha value is -2.80. The first kappa shape index (κ1) is 18.2. The zero-order chi connectivity index (χ0) is 20.3. The van der Waals surface area contributed by atoms with Crippen molar-refractivity contribution in [2.75, 3.05) is 11.4 Å². The molecule has 1 heteroatoms. The molecule has 1 heterocycles. The summed E-state index contributed by atoms with van der Waals surface area (Å²) >= 11 is 0. The summed E-state index contributed by atoms with van der Waals surface area (Å²) in [5.74, 6) is 0. The molecule has 0 fully saturated rings. The number of hydrogen-bond donors (Lipinski definition) is 0. The Morgan fingerprint density at radius 1 is 0.862 bits per heavy atom. The summed E-state index contributed by atoms with van der Waals surface area (Å²) in [6.07, 6.45) is 4.73. The molecule has 0 bridgehead atoms. The molecule has 1 unspecified atom stereocenters. The molecule has 0 spiro atoms. The summed E-state index contributed by atoms with van der Waals surface area (Å²) in [4.78, 5) is 2.57. The summed E-state index contributed by atoms with van der Waals surface area (Å²) < 4.78 is 0. The minimum absolute atomic E-state index is 0.0373. The van der Waals surface area contributed by atoms with Crippen LogP contribution in [0.25, 0.3) is 17.2 Å². The van der Waals surface area contributed by atoms with Crippen molar-refractivity contribution < 1.29 is 0 Å². The van der Waals surface area contributed by atoms with Gasteiger partial charge in [-0.2, -0.15) is 0 Å².